The van der Waals surface area contributed by atoms with Crippen LogP contribution in [0.4, 0.5) is 0 Å². The fourth-order valence-electron chi connectivity index (χ4n) is 2.06. The van der Waals surface area contributed by atoms with Crippen molar-refractivity contribution in [1.82, 2.24) is 4.98 Å². The van der Waals surface area contributed by atoms with E-state index < -0.39 is 11.4 Å². The lowest BCUT2D eigenvalue weighted by Crippen LogP contribution is -2.29. The summed E-state index contributed by atoms with van der Waals surface area (Å²) in [6, 6.07) is 7.87. The molecule has 0 bridgehead atoms. The number of fused-ring (bicyclic) bond motifs is 1. The second kappa shape index (κ2) is 4.09. The molecule has 1 aromatic carbocycles. The van der Waals surface area contributed by atoms with Gasteiger partial charge in [0, 0.05) is 5.39 Å². The van der Waals surface area contributed by atoms with E-state index in [9.17, 15) is 9.90 Å². The van der Waals surface area contributed by atoms with Gasteiger partial charge >= 0.3 is 5.97 Å². The quantitative estimate of drug-likeness (QED) is 0.881. The number of carboxylic acid groups (broad SMARTS) is 1. The van der Waals surface area contributed by atoms with Gasteiger partial charge in [-0.2, -0.15) is 0 Å². The second-order valence-electron chi connectivity index (χ2n) is 5.28. The minimum absolute atomic E-state index is 0.592. The van der Waals surface area contributed by atoms with Crippen molar-refractivity contribution in [3.8, 4) is 0 Å². The van der Waals surface area contributed by atoms with Crippen molar-refractivity contribution >= 4 is 16.9 Å². The fraction of sp³-hybridized carbons (Fsp3) is 0.333. The molecule has 0 unspecified atom stereocenters. The molecular weight excluding hydrogens is 226 g/mol. The lowest BCUT2D eigenvalue weighted by atomic mass is 9.88. The zero-order valence-corrected chi connectivity index (χ0v) is 11.1. The Morgan fingerprint density at radius 3 is 2.50 bits per heavy atom. The van der Waals surface area contributed by atoms with Gasteiger partial charge in [0.25, 0.3) is 0 Å². The van der Waals surface area contributed by atoms with Gasteiger partial charge in [0.05, 0.1) is 11.2 Å². The summed E-state index contributed by atoms with van der Waals surface area (Å²) < 4.78 is 0. The molecule has 94 valence electrons. The lowest BCUT2D eigenvalue weighted by Gasteiger charge is -2.19. The molecule has 0 aliphatic heterocycles. The Bertz CT molecular complexity index is 630. The van der Waals surface area contributed by atoms with Crippen molar-refractivity contribution in [2.45, 2.75) is 33.1 Å². The molecular formula is C15H17NO2. The third kappa shape index (κ3) is 1.96. The SMILES string of the molecule is Cc1cc(C)c2nc(C(C)(C)C(=O)O)ccc2c1. The number of aliphatic carboxylic acids is 1. The highest BCUT2D eigenvalue weighted by Gasteiger charge is 2.31. The van der Waals surface area contributed by atoms with E-state index in [1.165, 1.54) is 5.56 Å². The van der Waals surface area contributed by atoms with Crippen LogP contribution in [0, 0.1) is 13.8 Å². The number of carbonyl (C=O) groups is 1. The van der Waals surface area contributed by atoms with Gasteiger partial charge in [-0.25, -0.2) is 0 Å². The van der Waals surface area contributed by atoms with Crippen molar-refractivity contribution in [3.63, 3.8) is 0 Å². The summed E-state index contributed by atoms with van der Waals surface area (Å²) in [4.78, 5) is 15.8. The summed E-state index contributed by atoms with van der Waals surface area (Å²) in [5, 5.41) is 10.3. The molecule has 0 radical (unpaired) electrons. The lowest BCUT2D eigenvalue weighted by molar-refractivity contribution is -0.142. The van der Waals surface area contributed by atoms with E-state index in [-0.39, 0.29) is 0 Å². The predicted molar refractivity (Wildman–Crippen MR) is 71.9 cm³/mol. The van der Waals surface area contributed by atoms with E-state index in [2.05, 4.69) is 17.1 Å². The summed E-state index contributed by atoms with van der Waals surface area (Å²) in [6.07, 6.45) is 0. The van der Waals surface area contributed by atoms with Crippen LogP contribution >= 0.6 is 0 Å². The molecule has 0 amide bonds. The summed E-state index contributed by atoms with van der Waals surface area (Å²) in [7, 11) is 0. The Morgan fingerprint density at radius 1 is 1.22 bits per heavy atom. The molecule has 1 heterocycles. The van der Waals surface area contributed by atoms with Crippen LogP contribution in [0.1, 0.15) is 30.7 Å². The van der Waals surface area contributed by atoms with Gasteiger partial charge < -0.3 is 5.11 Å². The number of pyridine rings is 1. The number of benzene rings is 1. The molecule has 18 heavy (non-hydrogen) atoms. The zero-order valence-electron chi connectivity index (χ0n) is 11.1. The van der Waals surface area contributed by atoms with Crippen LogP contribution in [0.5, 0.6) is 0 Å². The van der Waals surface area contributed by atoms with Crippen molar-refractivity contribution in [3.05, 3.63) is 41.1 Å². The molecule has 0 aliphatic carbocycles. The third-order valence-electron chi connectivity index (χ3n) is 3.30. The van der Waals surface area contributed by atoms with Crippen LogP contribution in [-0.2, 0) is 10.2 Å². The molecule has 1 N–H and O–H groups in total. The van der Waals surface area contributed by atoms with E-state index in [4.69, 9.17) is 0 Å². The average Bonchev–Trinajstić information content (AvgIpc) is 2.27. The van der Waals surface area contributed by atoms with Crippen molar-refractivity contribution in [2.75, 3.05) is 0 Å². The van der Waals surface area contributed by atoms with Gasteiger partial charge in [-0.3, -0.25) is 9.78 Å². The van der Waals surface area contributed by atoms with Crippen LogP contribution < -0.4 is 0 Å². The molecule has 1 aromatic heterocycles. The van der Waals surface area contributed by atoms with E-state index >= 15 is 0 Å². The van der Waals surface area contributed by atoms with Crippen molar-refractivity contribution < 1.29 is 9.90 Å². The Kier molecular flexibility index (Phi) is 2.85. The molecule has 3 heteroatoms. The largest absolute Gasteiger partial charge is 0.481 e. The van der Waals surface area contributed by atoms with Gasteiger partial charge in [-0.1, -0.05) is 17.7 Å². The molecule has 0 saturated heterocycles. The van der Waals surface area contributed by atoms with E-state index in [0.717, 1.165) is 16.5 Å². The van der Waals surface area contributed by atoms with Crippen LogP contribution in [0.2, 0.25) is 0 Å². The highest BCUT2D eigenvalue weighted by atomic mass is 16.4. The van der Waals surface area contributed by atoms with Crippen molar-refractivity contribution in [1.29, 1.82) is 0 Å². The molecule has 0 spiro atoms. The minimum Gasteiger partial charge on any atom is -0.481 e. The smallest absolute Gasteiger partial charge is 0.315 e. The second-order valence-corrected chi connectivity index (χ2v) is 5.28. The van der Waals surface area contributed by atoms with Gasteiger partial charge in [-0.15, -0.1) is 0 Å². The predicted octanol–water partition coefficient (Wildman–Crippen LogP) is 3.21. The molecule has 0 atom stereocenters. The van der Waals surface area contributed by atoms with Crippen LogP contribution in [0.3, 0.4) is 0 Å². The maximum atomic E-state index is 11.3. The van der Waals surface area contributed by atoms with Crippen LogP contribution in [-0.4, -0.2) is 16.1 Å². The first-order valence-electron chi connectivity index (χ1n) is 5.94. The number of carboxylic acids is 1. The average molecular weight is 243 g/mol. The Morgan fingerprint density at radius 2 is 1.89 bits per heavy atom. The van der Waals surface area contributed by atoms with Crippen molar-refractivity contribution in [2.24, 2.45) is 0 Å². The highest BCUT2D eigenvalue weighted by molar-refractivity contribution is 5.85. The fourth-order valence-corrected chi connectivity index (χ4v) is 2.06. The minimum atomic E-state index is -0.967. The van der Waals surface area contributed by atoms with Gasteiger partial charge in [0.1, 0.15) is 5.41 Å². The topological polar surface area (TPSA) is 50.2 Å². The van der Waals surface area contributed by atoms with E-state index in [1.807, 2.05) is 19.9 Å². The zero-order chi connectivity index (χ0) is 13.5. The van der Waals surface area contributed by atoms with Crippen LogP contribution in [0.15, 0.2) is 24.3 Å². The monoisotopic (exact) mass is 243 g/mol. The standard InChI is InChI=1S/C15H17NO2/c1-9-7-10(2)13-11(8-9)5-6-12(16-13)15(3,4)14(17)18/h5-8H,1-4H3,(H,17,18). The normalized spacial score (nSPS) is 11.8. The summed E-state index contributed by atoms with van der Waals surface area (Å²) in [6.45, 7) is 7.39. The first-order valence-corrected chi connectivity index (χ1v) is 5.94. The summed E-state index contributed by atoms with van der Waals surface area (Å²) in [5.41, 5.74) is 2.77. The van der Waals surface area contributed by atoms with E-state index in [0.29, 0.717) is 5.69 Å². The first-order chi connectivity index (χ1) is 8.32. The highest BCUT2D eigenvalue weighted by Crippen LogP contribution is 2.26. The Hall–Kier alpha value is -1.90. The summed E-state index contributed by atoms with van der Waals surface area (Å²) in [5.74, 6) is -0.862. The molecule has 0 saturated carbocycles. The first kappa shape index (κ1) is 12.6. The van der Waals surface area contributed by atoms with Gasteiger partial charge in [0.15, 0.2) is 0 Å². The third-order valence-corrected chi connectivity index (χ3v) is 3.30. The Balaban J connectivity index is 2.68. The Labute approximate surface area is 106 Å². The van der Waals surface area contributed by atoms with Crippen LogP contribution in [0.25, 0.3) is 10.9 Å². The molecule has 2 aromatic rings. The number of hydrogen-bond acceptors (Lipinski definition) is 2. The van der Waals surface area contributed by atoms with Gasteiger partial charge in [0.2, 0.25) is 0 Å². The number of nitrogens with zero attached hydrogens (tertiary/aromatic N) is 1. The van der Waals surface area contributed by atoms with E-state index in [1.54, 1.807) is 19.9 Å². The number of aryl methyl sites for hydroxylation is 2. The number of aromatic nitrogens is 1. The number of rotatable bonds is 2. The van der Waals surface area contributed by atoms with Gasteiger partial charge in [-0.05, 0) is 45.4 Å². The molecule has 2 rings (SSSR count). The molecule has 3 nitrogen and oxygen atoms in total. The summed E-state index contributed by atoms with van der Waals surface area (Å²) >= 11 is 0. The molecule has 0 aliphatic rings. The number of hydrogen-bond donors (Lipinski definition) is 1. The molecule has 0 fully saturated rings. The maximum Gasteiger partial charge on any atom is 0.315 e. The maximum absolute atomic E-state index is 11.3.